The largest absolute Gasteiger partial charge is 0.307 e. The van der Waals surface area contributed by atoms with Crippen LogP contribution >= 0.6 is 15.9 Å². The highest BCUT2D eigenvalue weighted by Gasteiger charge is 2.23. The highest BCUT2D eigenvalue weighted by atomic mass is 79.9. The van der Waals surface area contributed by atoms with E-state index in [4.69, 9.17) is 0 Å². The number of hydrogen-bond acceptors (Lipinski definition) is 1. The SMILES string of the molecule is CC1CCC(N[C@@H](C)c2ccccc2Br)C1. The molecule has 0 radical (unpaired) electrons. The van der Waals surface area contributed by atoms with Crippen LogP contribution < -0.4 is 5.32 Å². The maximum absolute atomic E-state index is 3.74. The van der Waals surface area contributed by atoms with Gasteiger partial charge in [0.2, 0.25) is 0 Å². The summed E-state index contributed by atoms with van der Waals surface area (Å²) in [5.74, 6) is 0.893. The average Bonchev–Trinajstić information content (AvgIpc) is 2.64. The van der Waals surface area contributed by atoms with Crippen molar-refractivity contribution in [2.24, 2.45) is 5.92 Å². The lowest BCUT2D eigenvalue weighted by molar-refractivity contribution is 0.448. The van der Waals surface area contributed by atoms with Gasteiger partial charge >= 0.3 is 0 Å². The van der Waals surface area contributed by atoms with E-state index in [2.05, 4.69) is 59.4 Å². The minimum Gasteiger partial charge on any atom is -0.307 e. The average molecular weight is 282 g/mol. The van der Waals surface area contributed by atoms with Gasteiger partial charge in [0, 0.05) is 16.6 Å². The van der Waals surface area contributed by atoms with Gasteiger partial charge in [-0.15, -0.1) is 0 Å². The quantitative estimate of drug-likeness (QED) is 0.872. The first-order valence-corrected chi connectivity index (χ1v) is 6.96. The van der Waals surface area contributed by atoms with Gasteiger partial charge in [-0.2, -0.15) is 0 Å². The van der Waals surface area contributed by atoms with Gasteiger partial charge in [-0.1, -0.05) is 41.1 Å². The predicted octanol–water partition coefficient (Wildman–Crippen LogP) is 4.29. The van der Waals surface area contributed by atoms with Crippen LogP contribution in [0.25, 0.3) is 0 Å². The van der Waals surface area contributed by atoms with Gasteiger partial charge in [-0.25, -0.2) is 0 Å². The van der Waals surface area contributed by atoms with Crippen molar-refractivity contribution in [2.45, 2.75) is 45.2 Å². The van der Waals surface area contributed by atoms with E-state index in [0.29, 0.717) is 12.1 Å². The molecule has 2 heteroatoms. The summed E-state index contributed by atoms with van der Waals surface area (Å²) in [6, 6.07) is 9.63. The summed E-state index contributed by atoms with van der Waals surface area (Å²) >= 11 is 3.62. The van der Waals surface area contributed by atoms with E-state index in [-0.39, 0.29) is 0 Å². The summed E-state index contributed by atoms with van der Waals surface area (Å²) in [7, 11) is 0. The molecule has 0 bridgehead atoms. The fourth-order valence-corrected chi connectivity index (χ4v) is 3.26. The molecule has 1 aliphatic carbocycles. The zero-order valence-electron chi connectivity index (χ0n) is 10.0. The summed E-state index contributed by atoms with van der Waals surface area (Å²) in [6.07, 6.45) is 4.03. The molecule has 1 nitrogen and oxygen atoms in total. The Morgan fingerprint density at radius 1 is 1.31 bits per heavy atom. The molecule has 1 aliphatic rings. The Bertz CT molecular complexity index is 350. The summed E-state index contributed by atoms with van der Waals surface area (Å²) in [4.78, 5) is 0. The second kappa shape index (κ2) is 5.33. The summed E-state index contributed by atoms with van der Waals surface area (Å²) in [6.45, 7) is 4.61. The zero-order valence-corrected chi connectivity index (χ0v) is 11.6. The first kappa shape index (κ1) is 12.1. The lowest BCUT2D eigenvalue weighted by Crippen LogP contribution is -2.29. The smallest absolute Gasteiger partial charge is 0.0305 e. The number of halogens is 1. The molecule has 1 saturated carbocycles. The van der Waals surface area contributed by atoms with Crippen molar-refractivity contribution in [1.29, 1.82) is 0 Å². The van der Waals surface area contributed by atoms with E-state index in [1.54, 1.807) is 0 Å². The maximum Gasteiger partial charge on any atom is 0.0305 e. The Morgan fingerprint density at radius 3 is 2.69 bits per heavy atom. The van der Waals surface area contributed by atoms with Crippen LogP contribution in [0.3, 0.4) is 0 Å². The first-order chi connectivity index (χ1) is 7.66. The Hall–Kier alpha value is -0.340. The molecule has 1 fully saturated rings. The molecule has 88 valence electrons. The first-order valence-electron chi connectivity index (χ1n) is 6.17. The van der Waals surface area contributed by atoms with Gasteiger partial charge in [0.15, 0.2) is 0 Å². The molecule has 0 spiro atoms. The van der Waals surface area contributed by atoms with Gasteiger partial charge in [-0.05, 0) is 43.7 Å². The van der Waals surface area contributed by atoms with Crippen LogP contribution in [0, 0.1) is 5.92 Å². The normalized spacial score (nSPS) is 26.9. The van der Waals surface area contributed by atoms with Crippen molar-refractivity contribution in [3.63, 3.8) is 0 Å². The van der Waals surface area contributed by atoms with Gasteiger partial charge in [-0.3, -0.25) is 0 Å². The van der Waals surface area contributed by atoms with Crippen LogP contribution in [0.15, 0.2) is 28.7 Å². The minimum absolute atomic E-state index is 0.436. The zero-order chi connectivity index (χ0) is 11.5. The van der Waals surface area contributed by atoms with Crippen molar-refractivity contribution < 1.29 is 0 Å². The molecule has 3 atom stereocenters. The summed E-state index contributed by atoms with van der Waals surface area (Å²) < 4.78 is 1.21. The van der Waals surface area contributed by atoms with E-state index in [1.807, 2.05) is 0 Å². The number of nitrogens with one attached hydrogen (secondary N) is 1. The molecule has 1 aromatic carbocycles. The van der Waals surface area contributed by atoms with Crippen LogP contribution in [0.5, 0.6) is 0 Å². The Balaban J connectivity index is 1.98. The molecule has 0 saturated heterocycles. The molecule has 2 rings (SSSR count). The summed E-state index contributed by atoms with van der Waals surface area (Å²) in [5.41, 5.74) is 1.36. The highest BCUT2D eigenvalue weighted by molar-refractivity contribution is 9.10. The van der Waals surface area contributed by atoms with Crippen molar-refractivity contribution >= 4 is 15.9 Å². The molecular weight excluding hydrogens is 262 g/mol. The topological polar surface area (TPSA) is 12.0 Å². The van der Waals surface area contributed by atoms with Crippen molar-refractivity contribution in [2.75, 3.05) is 0 Å². The fourth-order valence-electron chi connectivity index (χ4n) is 2.63. The molecule has 16 heavy (non-hydrogen) atoms. The second-order valence-corrected chi connectivity index (χ2v) is 5.88. The van der Waals surface area contributed by atoms with Crippen LogP contribution in [0.4, 0.5) is 0 Å². The Labute approximate surface area is 107 Å². The molecule has 0 aliphatic heterocycles. The molecule has 2 unspecified atom stereocenters. The van der Waals surface area contributed by atoms with E-state index in [0.717, 1.165) is 5.92 Å². The minimum atomic E-state index is 0.436. The fraction of sp³-hybridized carbons (Fsp3) is 0.571. The molecule has 0 amide bonds. The van der Waals surface area contributed by atoms with Gasteiger partial charge < -0.3 is 5.32 Å². The Morgan fingerprint density at radius 2 is 2.06 bits per heavy atom. The standard InChI is InChI=1S/C14H20BrN/c1-10-7-8-12(9-10)16-11(2)13-5-3-4-6-14(13)15/h3-6,10-12,16H,7-9H2,1-2H3/t10?,11-,12?/m0/s1. The van der Waals surface area contributed by atoms with Crippen LogP contribution in [0.2, 0.25) is 0 Å². The van der Waals surface area contributed by atoms with E-state index in [1.165, 1.54) is 29.3 Å². The lowest BCUT2D eigenvalue weighted by Gasteiger charge is -2.20. The maximum atomic E-state index is 3.74. The number of rotatable bonds is 3. The third-order valence-corrected chi connectivity index (χ3v) is 4.27. The molecule has 0 aromatic heterocycles. The number of benzene rings is 1. The Kier molecular flexibility index (Phi) is 4.04. The molecular formula is C14H20BrN. The summed E-state index contributed by atoms with van der Waals surface area (Å²) in [5, 5.41) is 3.74. The molecule has 0 heterocycles. The molecule has 1 N–H and O–H groups in total. The third kappa shape index (κ3) is 2.86. The van der Waals surface area contributed by atoms with E-state index < -0.39 is 0 Å². The molecule has 1 aromatic rings. The van der Waals surface area contributed by atoms with Crippen LogP contribution in [-0.2, 0) is 0 Å². The van der Waals surface area contributed by atoms with Crippen molar-refractivity contribution in [3.05, 3.63) is 34.3 Å². The van der Waals surface area contributed by atoms with Crippen LogP contribution in [-0.4, -0.2) is 6.04 Å². The van der Waals surface area contributed by atoms with Gasteiger partial charge in [0.05, 0.1) is 0 Å². The lowest BCUT2D eigenvalue weighted by atomic mass is 10.1. The van der Waals surface area contributed by atoms with Crippen molar-refractivity contribution in [1.82, 2.24) is 5.32 Å². The van der Waals surface area contributed by atoms with E-state index >= 15 is 0 Å². The van der Waals surface area contributed by atoms with Crippen LogP contribution in [0.1, 0.15) is 44.7 Å². The second-order valence-electron chi connectivity index (χ2n) is 5.03. The monoisotopic (exact) mass is 281 g/mol. The van der Waals surface area contributed by atoms with Crippen molar-refractivity contribution in [3.8, 4) is 0 Å². The third-order valence-electron chi connectivity index (χ3n) is 3.55. The number of hydrogen-bond donors (Lipinski definition) is 1. The van der Waals surface area contributed by atoms with Gasteiger partial charge in [0.25, 0.3) is 0 Å². The van der Waals surface area contributed by atoms with Gasteiger partial charge in [0.1, 0.15) is 0 Å². The van der Waals surface area contributed by atoms with E-state index in [9.17, 15) is 0 Å². The predicted molar refractivity (Wildman–Crippen MR) is 72.5 cm³/mol. The highest BCUT2D eigenvalue weighted by Crippen LogP contribution is 2.28.